The number of nitrogens with one attached hydrogen (secondary N) is 2. The van der Waals surface area contributed by atoms with Crippen LogP contribution < -0.4 is 20.3 Å². The maximum Gasteiger partial charge on any atom is 0.279 e. The molecule has 26 heavy (non-hydrogen) atoms. The Morgan fingerprint density at radius 1 is 1.00 bits per heavy atom. The maximum atomic E-state index is 12.2. The van der Waals surface area contributed by atoms with E-state index in [0.717, 1.165) is 5.56 Å². The molecule has 2 rings (SSSR count). The van der Waals surface area contributed by atoms with E-state index in [-0.39, 0.29) is 5.56 Å². The van der Waals surface area contributed by atoms with Crippen LogP contribution >= 0.6 is 23.2 Å². The van der Waals surface area contributed by atoms with Gasteiger partial charge in [-0.05, 0) is 55.8 Å². The van der Waals surface area contributed by atoms with E-state index in [2.05, 4.69) is 10.9 Å². The Hall–Kier alpha value is -2.44. The average molecular weight is 397 g/mol. The zero-order valence-corrected chi connectivity index (χ0v) is 15.9. The fraction of sp³-hybridized carbons (Fsp3) is 0.222. The van der Waals surface area contributed by atoms with E-state index in [4.69, 9.17) is 32.7 Å². The highest BCUT2D eigenvalue weighted by atomic mass is 35.5. The first-order valence-corrected chi connectivity index (χ1v) is 8.44. The largest absolute Gasteiger partial charge is 0.496 e. The van der Waals surface area contributed by atoms with Gasteiger partial charge in [0.1, 0.15) is 11.5 Å². The summed E-state index contributed by atoms with van der Waals surface area (Å²) < 4.78 is 10.7. The molecule has 1 unspecified atom stereocenters. The summed E-state index contributed by atoms with van der Waals surface area (Å²) in [7, 11) is 1.43. The Morgan fingerprint density at radius 3 is 2.23 bits per heavy atom. The third kappa shape index (κ3) is 5.03. The van der Waals surface area contributed by atoms with Crippen molar-refractivity contribution in [2.75, 3.05) is 7.11 Å². The van der Waals surface area contributed by atoms with Crippen molar-refractivity contribution >= 4 is 35.0 Å². The molecule has 0 aliphatic carbocycles. The van der Waals surface area contributed by atoms with Gasteiger partial charge in [0.15, 0.2) is 6.10 Å². The lowest BCUT2D eigenvalue weighted by Gasteiger charge is -2.17. The van der Waals surface area contributed by atoms with E-state index >= 15 is 0 Å². The highest BCUT2D eigenvalue weighted by Gasteiger charge is 2.18. The van der Waals surface area contributed by atoms with Gasteiger partial charge in [0.2, 0.25) is 0 Å². The molecule has 8 heteroatoms. The normalized spacial score (nSPS) is 11.4. The summed E-state index contributed by atoms with van der Waals surface area (Å²) in [6, 6.07) is 9.68. The molecule has 0 saturated carbocycles. The lowest BCUT2D eigenvalue weighted by atomic mass is 10.2. The van der Waals surface area contributed by atoms with E-state index in [0.29, 0.717) is 21.5 Å². The molecule has 0 fully saturated rings. The van der Waals surface area contributed by atoms with Crippen molar-refractivity contribution in [2.24, 2.45) is 0 Å². The van der Waals surface area contributed by atoms with Crippen LogP contribution in [0.5, 0.6) is 11.5 Å². The van der Waals surface area contributed by atoms with E-state index in [1.54, 1.807) is 37.3 Å². The lowest BCUT2D eigenvalue weighted by molar-refractivity contribution is -0.128. The molecule has 1 atom stereocenters. The number of carbonyl (C=O) groups is 2. The van der Waals surface area contributed by atoms with Crippen molar-refractivity contribution in [3.8, 4) is 11.5 Å². The number of hydrogen-bond donors (Lipinski definition) is 2. The summed E-state index contributed by atoms with van der Waals surface area (Å²) in [6.45, 7) is 3.38. The molecule has 0 spiro atoms. The van der Waals surface area contributed by atoms with Crippen LogP contribution in [0.3, 0.4) is 0 Å². The molecule has 0 aliphatic heterocycles. The second kappa shape index (κ2) is 8.78. The smallest absolute Gasteiger partial charge is 0.279 e. The van der Waals surface area contributed by atoms with Crippen LogP contribution in [0.25, 0.3) is 0 Å². The molecule has 2 amide bonds. The third-order valence-corrected chi connectivity index (χ3v) is 3.99. The van der Waals surface area contributed by atoms with Crippen LogP contribution in [0.1, 0.15) is 22.8 Å². The van der Waals surface area contributed by atoms with Gasteiger partial charge in [-0.2, -0.15) is 0 Å². The molecule has 0 heterocycles. The van der Waals surface area contributed by atoms with E-state index in [1.807, 2.05) is 6.92 Å². The molecule has 6 nitrogen and oxygen atoms in total. The number of aryl methyl sites for hydroxylation is 1. The van der Waals surface area contributed by atoms with Crippen molar-refractivity contribution < 1.29 is 19.1 Å². The van der Waals surface area contributed by atoms with Gasteiger partial charge in [-0.25, -0.2) is 0 Å². The molecule has 0 radical (unpaired) electrons. The van der Waals surface area contributed by atoms with Gasteiger partial charge in [0.05, 0.1) is 12.7 Å². The van der Waals surface area contributed by atoms with Gasteiger partial charge in [-0.3, -0.25) is 20.4 Å². The lowest BCUT2D eigenvalue weighted by Crippen LogP contribution is -2.47. The van der Waals surface area contributed by atoms with Crippen LogP contribution in [0.2, 0.25) is 10.0 Å². The highest BCUT2D eigenvalue weighted by Crippen LogP contribution is 2.23. The molecule has 2 N–H and O–H groups in total. The summed E-state index contributed by atoms with van der Waals surface area (Å²) in [5.41, 5.74) is 5.62. The first-order chi connectivity index (χ1) is 12.3. The average Bonchev–Trinajstić information content (AvgIpc) is 2.61. The zero-order chi connectivity index (χ0) is 19.3. The molecule has 0 aromatic heterocycles. The topological polar surface area (TPSA) is 76.7 Å². The molecule has 0 bridgehead atoms. The van der Waals surface area contributed by atoms with Crippen LogP contribution in [0.4, 0.5) is 0 Å². The molecule has 138 valence electrons. The van der Waals surface area contributed by atoms with Gasteiger partial charge in [-0.15, -0.1) is 0 Å². The predicted molar refractivity (Wildman–Crippen MR) is 99.9 cm³/mol. The Balaban J connectivity index is 1.97. The monoisotopic (exact) mass is 396 g/mol. The highest BCUT2D eigenvalue weighted by molar-refractivity contribution is 6.31. The first-order valence-electron chi connectivity index (χ1n) is 7.68. The Morgan fingerprint density at radius 2 is 1.62 bits per heavy atom. The summed E-state index contributed by atoms with van der Waals surface area (Å²) in [5.74, 6) is -0.219. The molecule has 2 aromatic carbocycles. The number of amides is 2. The molecule has 0 aliphatic rings. The van der Waals surface area contributed by atoms with Gasteiger partial charge < -0.3 is 9.47 Å². The summed E-state index contributed by atoms with van der Waals surface area (Å²) in [6.07, 6.45) is -0.837. The number of ether oxygens (including phenoxy) is 2. The SMILES string of the molecule is COc1ccc(Cl)cc1C(=O)NNC(=O)C(C)Oc1ccc(Cl)cc1C. The molecule has 2 aromatic rings. The minimum atomic E-state index is -0.837. The van der Waals surface area contributed by atoms with Gasteiger partial charge in [0, 0.05) is 10.0 Å². The number of hydrazine groups is 1. The second-order valence-corrected chi connectivity index (χ2v) is 6.33. The van der Waals surface area contributed by atoms with Crippen LogP contribution in [-0.2, 0) is 4.79 Å². The van der Waals surface area contributed by atoms with E-state index in [9.17, 15) is 9.59 Å². The Kier molecular flexibility index (Phi) is 6.71. The molecule has 0 saturated heterocycles. The molecular formula is C18H18Cl2N2O4. The first kappa shape index (κ1) is 19.9. The van der Waals surface area contributed by atoms with E-state index < -0.39 is 17.9 Å². The third-order valence-electron chi connectivity index (χ3n) is 3.52. The molecular weight excluding hydrogens is 379 g/mol. The number of benzene rings is 2. The quantitative estimate of drug-likeness (QED) is 0.757. The van der Waals surface area contributed by atoms with Crippen LogP contribution in [-0.4, -0.2) is 25.0 Å². The van der Waals surface area contributed by atoms with E-state index in [1.165, 1.54) is 13.2 Å². The van der Waals surface area contributed by atoms with Crippen molar-refractivity contribution in [2.45, 2.75) is 20.0 Å². The summed E-state index contributed by atoms with van der Waals surface area (Å²) in [5, 5.41) is 0.951. The summed E-state index contributed by atoms with van der Waals surface area (Å²) in [4.78, 5) is 24.4. The zero-order valence-electron chi connectivity index (χ0n) is 14.4. The summed E-state index contributed by atoms with van der Waals surface area (Å²) >= 11 is 11.8. The number of rotatable bonds is 5. The van der Waals surface area contributed by atoms with Crippen molar-refractivity contribution in [1.82, 2.24) is 10.9 Å². The van der Waals surface area contributed by atoms with Crippen LogP contribution in [0, 0.1) is 6.92 Å². The van der Waals surface area contributed by atoms with Gasteiger partial charge in [-0.1, -0.05) is 23.2 Å². The van der Waals surface area contributed by atoms with Crippen molar-refractivity contribution in [3.05, 3.63) is 57.6 Å². The van der Waals surface area contributed by atoms with Crippen molar-refractivity contribution in [1.29, 1.82) is 0 Å². The fourth-order valence-electron chi connectivity index (χ4n) is 2.13. The maximum absolute atomic E-state index is 12.2. The number of hydrogen-bond acceptors (Lipinski definition) is 4. The second-order valence-electron chi connectivity index (χ2n) is 5.46. The number of carbonyl (C=O) groups excluding carboxylic acids is 2. The number of halogens is 2. The number of methoxy groups -OCH3 is 1. The van der Waals surface area contributed by atoms with Gasteiger partial charge >= 0.3 is 0 Å². The minimum absolute atomic E-state index is 0.197. The van der Waals surface area contributed by atoms with Crippen molar-refractivity contribution in [3.63, 3.8) is 0 Å². The Bertz CT molecular complexity index is 827. The Labute approximate surface area is 161 Å². The predicted octanol–water partition coefficient (Wildman–Crippen LogP) is 3.54. The standard InChI is InChI=1S/C18H18Cl2N2O4/c1-10-8-12(19)4-6-15(10)26-11(2)17(23)21-22-18(24)14-9-13(20)5-7-16(14)25-3/h4-9,11H,1-3H3,(H,21,23)(H,22,24). The minimum Gasteiger partial charge on any atom is -0.496 e. The fourth-order valence-corrected chi connectivity index (χ4v) is 2.53. The van der Waals surface area contributed by atoms with Gasteiger partial charge in [0.25, 0.3) is 11.8 Å². The van der Waals surface area contributed by atoms with Crippen LogP contribution in [0.15, 0.2) is 36.4 Å².